The quantitative estimate of drug-likeness (QED) is 0.215. The predicted molar refractivity (Wildman–Crippen MR) is 128 cm³/mol. The smallest absolute Gasteiger partial charge is 0.224 e. The number of guanidine groups is 1. The highest BCUT2D eigenvalue weighted by molar-refractivity contribution is 14.0. The molecule has 1 aliphatic rings. The van der Waals surface area contributed by atoms with Crippen molar-refractivity contribution in [3.63, 3.8) is 0 Å². The molecule has 1 fully saturated rings. The number of halogens is 3. The van der Waals surface area contributed by atoms with Crippen LogP contribution in [-0.2, 0) is 11.2 Å². The molecule has 1 unspecified atom stereocenters. The molecule has 1 aromatic heterocycles. The van der Waals surface area contributed by atoms with Gasteiger partial charge < -0.3 is 20.9 Å². The molecule has 0 spiro atoms. The second-order valence-electron chi connectivity index (χ2n) is 7.04. The van der Waals surface area contributed by atoms with Gasteiger partial charge in [0.15, 0.2) is 17.6 Å². The molecule has 168 valence electrons. The van der Waals surface area contributed by atoms with Gasteiger partial charge in [-0.05, 0) is 36.2 Å². The molecule has 7 nitrogen and oxygen atoms in total. The van der Waals surface area contributed by atoms with Gasteiger partial charge in [0.2, 0.25) is 5.91 Å². The Morgan fingerprint density at radius 1 is 1.23 bits per heavy atom. The minimum Gasteiger partial charge on any atom is -0.355 e. The molecule has 1 atom stereocenters. The van der Waals surface area contributed by atoms with Gasteiger partial charge in [0.25, 0.3) is 0 Å². The number of carbonyl (C=O) groups excluding carboxylic acids is 1. The minimum atomic E-state index is -0.354. The van der Waals surface area contributed by atoms with E-state index in [0.717, 1.165) is 6.42 Å². The number of rotatable bonds is 7. The molecule has 3 N–H and O–H groups in total. The molecule has 1 saturated heterocycles. The first kappa shape index (κ1) is 24.8. The molecule has 3 rings (SSSR count). The van der Waals surface area contributed by atoms with Crippen molar-refractivity contribution in [3.05, 3.63) is 59.8 Å². The van der Waals surface area contributed by atoms with Gasteiger partial charge in [0.05, 0.1) is 6.42 Å². The van der Waals surface area contributed by atoms with Crippen molar-refractivity contribution in [1.82, 2.24) is 20.9 Å². The van der Waals surface area contributed by atoms with Gasteiger partial charge in [-0.15, -0.1) is 24.0 Å². The molecule has 1 aliphatic heterocycles. The van der Waals surface area contributed by atoms with Crippen LogP contribution in [0.25, 0.3) is 0 Å². The predicted octanol–water partition coefficient (Wildman–Crippen LogP) is 2.08. The summed E-state index contributed by atoms with van der Waals surface area (Å²) in [6, 6.07) is 9.10. The van der Waals surface area contributed by atoms with E-state index in [1.165, 1.54) is 18.2 Å². The standard InChI is InChI=1S/C21H26F2N6O.HI/c1-24-21(27-10-9-25-19(30)13-15-4-2-5-16(22)12-15)28-17-7-11-29(14-17)20-18(23)6-3-8-26-20;/h2-6,8,12,17H,7,9-11,13-14H2,1H3,(H,25,30)(H2,24,27,28);1H. The van der Waals surface area contributed by atoms with Crippen LogP contribution in [0.4, 0.5) is 14.6 Å². The maximum absolute atomic E-state index is 13.9. The summed E-state index contributed by atoms with van der Waals surface area (Å²) in [7, 11) is 1.67. The van der Waals surface area contributed by atoms with Crippen molar-refractivity contribution in [1.29, 1.82) is 0 Å². The number of anilines is 1. The number of nitrogens with zero attached hydrogens (tertiary/aromatic N) is 3. The lowest BCUT2D eigenvalue weighted by atomic mass is 10.1. The van der Waals surface area contributed by atoms with Gasteiger partial charge in [-0.25, -0.2) is 13.8 Å². The Bertz CT molecular complexity index is 898. The first-order chi connectivity index (χ1) is 14.5. The van der Waals surface area contributed by atoms with E-state index in [1.807, 2.05) is 4.90 Å². The highest BCUT2D eigenvalue weighted by Gasteiger charge is 2.25. The Hall–Kier alpha value is -2.50. The van der Waals surface area contributed by atoms with E-state index in [1.54, 1.807) is 31.4 Å². The Morgan fingerprint density at radius 2 is 2.03 bits per heavy atom. The molecular formula is C21H27F2IN6O. The molecule has 1 amide bonds. The molecule has 0 saturated carbocycles. The average Bonchev–Trinajstić information content (AvgIpc) is 3.19. The summed E-state index contributed by atoms with van der Waals surface area (Å²) in [5, 5.41) is 9.25. The zero-order valence-electron chi connectivity index (χ0n) is 17.3. The molecule has 1 aromatic carbocycles. The Labute approximate surface area is 197 Å². The van der Waals surface area contributed by atoms with Crippen LogP contribution in [0.1, 0.15) is 12.0 Å². The highest BCUT2D eigenvalue weighted by Crippen LogP contribution is 2.20. The van der Waals surface area contributed by atoms with E-state index in [9.17, 15) is 13.6 Å². The summed E-state index contributed by atoms with van der Waals surface area (Å²) >= 11 is 0. The lowest BCUT2D eigenvalue weighted by molar-refractivity contribution is -0.120. The lowest BCUT2D eigenvalue weighted by Crippen LogP contribution is -2.46. The van der Waals surface area contributed by atoms with Crippen LogP contribution in [0.5, 0.6) is 0 Å². The largest absolute Gasteiger partial charge is 0.355 e. The number of pyridine rings is 1. The van der Waals surface area contributed by atoms with Gasteiger partial charge in [-0.1, -0.05) is 12.1 Å². The third kappa shape index (κ3) is 7.60. The van der Waals surface area contributed by atoms with Crippen molar-refractivity contribution < 1.29 is 13.6 Å². The number of amides is 1. The molecular weight excluding hydrogens is 517 g/mol. The molecule has 0 bridgehead atoms. The zero-order chi connectivity index (χ0) is 21.3. The van der Waals surface area contributed by atoms with Gasteiger partial charge in [-0.3, -0.25) is 9.79 Å². The van der Waals surface area contributed by atoms with E-state index >= 15 is 0 Å². The summed E-state index contributed by atoms with van der Waals surface area (Å²) in [4.78, 5) is 22.2. The van der Waals surface area contributed by atoms with Gasteiger partial charge >= 0.3 is 0 Å². The maximum atomic E-state index is 13.9. The molecule has 0 radical (unpaired) electrons. The summed E-state index contributed by atoms with van der Waals surface area (Å²) in [5.41, 5.74) is 0.632. The summed E-state index contributed by atoms with van der Waals surface area (Å²) < 4.78 is 27.1. The second-order valence-corrected chi connectivity index (χ2v) is 7.04. The van der Waals surface area contributed by atoms with Gasteiger partial charge in [0.1, 0.15) is 5.82 Å². The first-order valence-corrected chi connectivity index (χ1v) is 9.89. The summed E-state index contributed by atoms with van der Waals surface area (Å²) in [6.07, 6.45) is 2.55. The number of nitrogens with one attached hydrogen (secondary N) is 3. The molecule has 2 aromatic rings. The van der Waals surface area contributed by atoms with E-state index in [4.69, 9.17) is 0 Å². The lowest BCUT2D eigenvalue weighted by Gasteiger charge is -2.20. The number of carbonyl (C=O) groups is 1. The fourth-order valence-electron chi connectivity index (χ4n) is 3.35. The van der Waals surface area contributed by atoms with Crippen LogP contribution in [0.15, 0.2) is 47.6 Å². The molecule has 2 heterocycles. The van der Waals surface area contributed by atoms with Crippen LogP contribution in [-0.4, -0.2) is 56.1 Å². The van der Waals surface area contributed by atoms with Crippen molar-refractivity contribution in [2.45, 2.75) is 18.9 Å². The van der Waals surface area contributed by atoms with E-state index in [2.05, 4.69) is 25.9 Å². The third-order valence-electron chi connectivity index (χ3n) is 4.78. The number of hydrogen-bond acceptors (Lipinski definition) is 4. The fraction of sp³-hybridized carbons (Fsp3) is 0.381. The number of aliphatic imine (C=N–C) groups is 1. The third-order valence-corrected chi connectivity index (χ3v) is 4.78. The fourth-order valence-corrected chi connectivity index (χ4v) is 3.35. The van der Waals surface area contributed by atoms with Gasteiger partial charge in [0, 0.05) is 45.5 Å². The SMILES string of the molecule is CN=C(NCCNC(=O)Cc1cccc(F)c1)NC1CCN(c2ncccc2F)C1.I. The second kappa shape index (κ2) is 12.4. The topological polar surface area (TPSA) is 81.6 Å². The van der Waals surface area contributed by atoms with E-state index in [0.29, 0.717) is 43.5 Å². The summed E-state index contributed by atoms with van der Waals surface area (Å²) in [6.45, 7) is 2.22. The van der Waals surface area contributed by atoms with E-state index in [-0.39, 0.29) is 54.0 Å². The number of aromatic nitrogens is 1. The Balaban J connectivity index is 0.00000341. The first-order valence-electron chi connectivity index (χ1n) is 9.89. The van der Waals surface area contributed by atoms with E-state index < -0.39 is 0 Å². The highest BCUT2D eigenvalue weighted by atomic mass is 127. The van der Waals surface area contributed by atoms with Crippen molar-refractivity contribution in [2.75, 3.05) is 38.1 Å². The Kier molecular flexibility index (Phi) is 9.89. The summed E-state index contributed by atoms with van der Waals surface area (Å²) in [5.74, 6) is 0.130. The average molecular weight is 544 g/mol. The zero-order valence-corrected chi connectivity index (χ0v) is 19.6. The number of hydrogen-bond donors (Lipinski definition) is 3. The number of benzene rings is 1. The van der Waals surface area contributed by atoms with Crippen LogP contribution < -0.4 is 20.9 Å². The van der Waals surface area contributed by atoms with Crippen LogP contribution in [0.2, 0.25) is 0 Å². The maximum Gasteiger partial charge on any atom is 0.224 e. The van der Waals surface area contributed by atoms with Crippen molar-refractivity contribution in [3.8, 4) is 0 Å². The molecule has 10 heteroatoms. The normalized spacial score (nSPS) is 15.9. The molecule has 31 heavy (non-hydrogen) atoms. The van der Waals surface area contributed by atoms with Crippen LogP contribution in [0.3, 0.4) is 0 Å². The van der Waals surface area contributed by atoms with Crippen molar-refractivity contribution in [2.24, 2.45) is 4.99 Å². The van der Waals surface area contributed by atoms with Crippen molar-refractivity contribution >= 4 is 41.7 Å². The monoisotopic (exact) mass is 544 g/mol. The van der Waals surface area contributed by atoms with Crippen LogP contribution in [0, 0.1) is 11.6 Å². The Morgan fingerprint density at radius 3 is 2.77 bits per heavy atom. The van der Waals surface area contributed by atoms with Gasteiger partial charge in [-0.2, -0.15) is 0 Å². The molecule has 0 aliphatic carbocycles. The minimum absolute atomic E-state index is 0. The van der Waals surface area contributed by atoms with Crippen LogP contribution >= 0.6 is 24.0 Å².